The highest BCUT2D eigenvalue weighted by Crippen LogP contribution is 2.44. The summed E-state index contributed by atoms with van der Waals surface area (Å²) >= 11 is 0. The maximum atomic E-state index is 15.8. The third-order valence-electron chi connectivity index (χ3n) is 7.70. The molecule has 2 saturated carbocycles. The number of hydrogen-bond acceptors (Lipinski definition) is 5. The Morgan fingerprint density at radius 2 is 1.91 bits per heavy atom. The van der Waals surface area contributed by atoms with Gasteiger partial charge in [-0.2, -0.15) is 0 Å². The standard InChI is InChI=1S/C22H28F3N3O4/c1-10-14-16(28(12-5-6-12)21(31)26-20(14)30)18(32-2)17(15(10)23)27-8-11-4-3-7-22(24,25)19(29)13(11)9-27/h11-13,15,17,19,29H,3-9H2,1-2H3,(H,26,30,31). The summed E-state index contributed by atoms with van der Waals surface area (Å²) in [6.45, 7) is 1.96. The van der Waals surface area contributed by atoms with E-state index in [0.717, 1.165) is 12.8 Å². The molecule has 7 nitrogen and oxygen atoms in total. The maximum Gasteiger partial charge on any atom is 0.329 e. The number of aliphatic hydroxyl groups is 1. The highest BCUT2D eigenvalue weighted by molar-refractivity contribution is 5.60. The molecule has 5 rings (SSSR count). The number of halogens is 3. The molecule has 1 aliphatic heterocycles. The quantitative estimate of drug-likeness (QED) is 0.682. The molecule has 10 heteroatoms. The van der Waals surface area contributed by atoms with Crippen LogP contribution in [0.2, 0.25) is 0 Å². The third-order valence-corrected chi connectivity index (χ3v) is 7.70. The van der Waals surface area contributed by atoms with Gasteiger partial charge in [-0.05, 0) is 44.1 Å². The molecule has 2 heterocycles. The van der Waals surface area contributed by atoms with Gasteiger partial charge >= 0.3 is 5.69 Å². The first kappa shape index (κ1) is 21.8. The Hall–Kier alpha value is -2.07. The van der Waals surface area contributed by atoms with Crippen LogP contribution in [0.4, 0.5) is 13.2 Å². The summed E-state index contributed by atoms with van der Waals surface area (Å²) in [6, 6.07) is -1.04. The first-order chi connectivity index (χ1) is 15.2. The average molecular weight is 455 g/mol. The van der Waals surface area contributed by atoms with Crippen molar-refractivity contribution in [3.63, 3.8) is 0 Å². The van der Waals surface area contributed by atoms with E-state index in [1.165, 1.54) is 18.6 Å². The molecular weight excluding hydrogens is 427 g/mol. The lowest BCUT2D eigenvalue weighted by Crippen LogP contribution is -2.62. The number of hydrogen-bond donors (Lipinski definition) is 2. The average Bonchev–Trinajstić information content (AvgIpc) is 3.49. The summed E-state index contributed by atoms with van der Waals surface area (Å²) < 4.78 is 51.6. The Labute approximate surface area is 182 Å². The van der Waals surface area contributed by atoms with Crippen molar-refractivity contribution in [2.75, 3.05) is 20.2 Å². The van der Waals surface area contributed by atoms with Crippen molar-refractivity contribution in [2.45, 2.75) is 69.3 Å². The number of aromatic nitrogens is 2. The fourth-order valence-electron chi connectivity index (χ4n) is 5.94. The second-order valence-corrected chi connectivity index (χ2v) is 9.66. The summed E-state index contributed by atoms with van der Waals surface area (Å²) in [7, 11) is 1.37. The number of alkyl halides is 3. The monoisotopic (exact) mass is 455 g/mol. The fraction of sp³-hybridized carbons (Fsp3) is 0.727. The van der Waals surface area contributed by atoms with E-state index in [2.05, 4.69) is 4.98 Å². The lowest BCUT2D eigenvalue weighted by Gasteiger charge is -2.35. The topological polar surface area (TPSA) is 87.6 Å². The lowest BCUT2D eigenvalue weighted by molar-refractivity contribution is -0.132. The zero-order chi connectivity index (χ0) is 22.9. The Morgan fingerprint density at radius 1 is 1.19 bits per heavy atom. The van der Waals surface area contributed by atoms with Crippen LogP contribution in [-0.4, -0.2) is 64.0 Å². The van der Waals surface area contributed by atoms with Gasteiger partial charge in [-0.15, -0.1) is 0 Å². The molecule has 0 radical (unpaired) electrons. The van der Waals surface area contributed by atoms with E-state index in [4.69, 9.17) is 4.74 Å². The number of fused-ring (bicyclic) bond motifs is 2. The fourth-order valence-corrected chi connectivity index (χ4v) is 5.94. The van der Waals surface area contributed by atoms with Gasteiger partial charge in [-0.3, -0.25) is 19.2 Å². The van der Waals surface area contributed by atoms with Gasteiger partial charge in [0.25, 0.3) is 11.5 Å². The van der Waals surface area contributed by atoms with Gasteiger partial charge < -0.3 is 9.84 Å². The number of H-pyrrole nitrogens is 1. The molecule has 2 N–H and O–H groups in total. The molecule has 4 aliphatic rings. The minimum Gasteiger partial charge on any atom is -0.497 e. The van der Waals surface area contributed by atoms with E-state index in [9.17, 15) is 23.5 Å². The molecule has 1 aromatic heterocycles. The summed E-state index contributed by atoms with van der Waals surface area (Å²) in [6.07, 6.45) is -1.36. The number of likely N-dealkylation sites (tertiary alicyclic amines) is 1. The number of methoxy groups -OCH3 is 1. The van der Waals surface area contributed by atoms with Gasteiger partial charge in [0.05, 0.1) is 17.7 Å². The highest BCUT2D eigenvalue weighted by Gasteiger charge is 2.53. The summed E-state index contributed by atoms with van der Waals surface area (Å²) in [5, 5.41) is 10.8. The number of nitrogens with one attached hydrogen (secondary N) is 1. The summed E-state index contributed by atoms with van der Waals surface area (Å²) in [5.74, 6) is -3.86. The predicted molar refractivity (Wildman–Crippen MR) is 110 cm³/mol. The van der Waals surface area contributed by atoms with E-state index in [0.29, 0.717) is 19.4 Å². The van der Waals surface area contributed by atoms with Gasteiger partial charge in [0, 0.05) is 31.5 Å². The highest BCUT2D eigenvalue weighted by atomic mass is 19.3. The van der Waals surface area contributed by atoms with Crippen molar-refractivity contribution in [3.8, 4) is 0 Å². The van der Waals surface area contributed by atoms with Crippen LogP contribution in [0.1, 0.15) is 45.1 Å². The molecule has 1 saturated heterocycles. The molecule has 3 aliphatic carbocycles. The van der Waals surface area contributed by atoms with Crippen molar-refractivity contribution in [3.05, 3.63) is 31.4 Å². The Kier molecular flexibility index (Phi) is 5.09. The molecule has 5 unspecified atom stereocenters. The molecule has 0 aromatic carbocycles. The Balaban J connectivity index is 1.65. The minimum absolute atomic E-state index is 0.0898. The molecule has 1 aromatic rings. The molecular formula is C22H28F3N3O4. The zero-order valence-corrected chi connectivity index (χ0v) is 18.1. The van der Waals surface area contributed by atoms with Crippen molar-refractivity contribution in [1.82, 2.24) is 14.5 Å². The van der Waals surface area contributed by atoms with Gasteiger partial charge in [0.1, 0.15) is 24.1 Å². The predicted octanol–water partition coefficient (Wildman–Crippen LogP) is 0.245. The van der Waals surface area contributed by atoms with E-state index in [1.54, 1.807) is 4.90 Å². The number of aromatic amines is 1. The SMILES string of the molecule is COC1=c2c(c(=O)[nH]c(=O)n2C2CC2)=C(C)C(F)C1N1CC2CCCC(F)(F)C(O)C2C1. The molecule has 3 fully saturated rings. The van der Waals surface area contributed by atoms with Crippen LogP contribution in [0.5, 0.6) is 0 Å². The lowest BCUT2D eigenvalue weighted by atomic mass is 9.88. The number of nitrogens with zero attached hydrogens (tertiary/aromatic N) is 2. The summed E-state index contributed by atoms with van der Waals surface area (Å²) in [4.78, 5) is 29.3. The first-order valence-electron chi connectivity index (χ1n) is 11.2. The van der Waals surface area contributed by atoms with Gasteiger partial charge in [-0.25, -0.2) is 18.0 Å². The molecule has 5 atom stereocenters. The van der Waals surface area contributed by atoms with Crippen LogP contribution in [-0.2, 0) is 4.74 Å². The smallest absolute Gasteiger partial charge is 0.329 e. The van der Waals surface area contributed by atoms with Crippen LogP contribution in [0, 0.1) is 11.8 Å². The molecule has 0 spiro atoms. The van der Waals surface area contributed by atoms with E-state index in [-0.39, 0.29) is 46.8 Å². The van der Waals surface area contributed by atoms with E-state index >= 15 is 4.39 Å². The number of aliphatic hydroxyl groups excluding tert-OH is 1. The van der Waals surface area contributed by atoms with Crippen LogP contribution < -0.4 is 21.8 Å². The summed E-state index contributed by atoms with van der Waals surface area (Å²) in [5.41, 5.74) is -1.02. The van der Waals surface area contributed by atoms with Crippen LogP contribution in [0.25, 0.3) is 11.3 Å². The normalized spacial score (nSPS) is 34.8. The molecule has 0 bridgehead atoms. The van der Waals surface area contributed by atoms with Crippen LogP contribution in [0.15, 0.2) is 9.59 Å². The van der Waals surface area contributed by atoms with Gasteiger partial charge in [0.15, 0.2) is 0 Å². The molecule has 176 valence electrons. The first-order valence-corrected chi connectivity index (χ1v) is 11.2. The van der Waals surface area contributed by atoms with Crippen LogP contribution in [0.3, 0.4) is 0 Å². The number of ether oxygens (including phenoxy) is 1. The van der Waals surface area contributed by atoms with Crippen molar-refractivity contribution < 1.29 is 23.0 Å². The van der Waals surface area contributed by atoms with Gasteiger partial charge in [0.2, 0.25) is 0 Å². The van der Waals surface area contributed by atoms with Crippen molar-refractivity contribution >= 4 is 11.3 Å². The Bertz CT molecular complexity index is 1170. The minimum atomic E-state index is -3.17. The van der Waals surface area contributed by atoms with Crippen molar-refractivity contribution in [1.29, 1.82) is 0 Å². The van der Waals surface area contributed by atoms with E-state index in [1.807, 2.05) is 0 Å². The van der Waals surface area contributed by atoms with Crippen molar-refractivity contribution in [2.24, 2.45) is 11.8 Å². The maximum absolute atomic E-state index is 15.8. The zero-order valence-electron chi connectivity index (χ0n) is 18.1. The second kappa shape index (κ2) is 7.48. The largest absolute Gasteiger partial charge is 0.497 e. The Morgan fingerprint density at radius 3 is 2.56 bits per heavy atom. The molecule has 0 amide bonds. The third kappa shape index (κ3) is 3.17. The van der Waals surface area contributed by atoms with Crippen LogP contribution >= 0.6 is 0 Å². The second-order valence-electron chi connectivity index (χ2n) is 9.66. The van der Waals surface area contributed by atoms with Gasteiger partial charge in [-0.1, -0.05) is 0 Å². The van der Waals surface area contributed by atoms with E-state index < -0.39 is 41.4 Å². The number of rotatable bonds is 3. The molecule has 32 heavy (non-hydrogen) atoms.